The van der Waals surface area contributed by atoms with E-state index in [0.717, 1.165) is 12.8 Å². The summed E-state index contributed by atoms with van der Waals surface area (Å²) in [6, 6.07) is 2.27. The zero-order valence-corrected chi connectivity index (χ0v) is 10.8. The van der Waals surface area contributed by atoms with Gasteiger partial charge in [0, 0.05) is 5.56 Å². The number of halogens is 2. The molecular formula is C14H17F2NO2. The van der Waals surface area contributed by atoms with Gasteiger partial charge in [-0.2, -0.15) is 8.78 Å². The second-order valence-electron chi connectivity index (χ2n) is 5.15. The zero-order chi connectivity index (χ0) is 13.5. The maximum absolute atomic E-state index is 14.6. The molecule has 0 spiro atoms. The number of rotatable bonds is 2. The van der Waals surface area contributed by atoms with Gasteiger partial charge in [-0.05, 0) is 44.0 Å². The normalized spacial score (nSPS) is 22.6. The number of nitrogens with one attached hydrogen (secondary N) is 1. The number of fused-ring (bicyclic) bond motifs is 1. The van der Waals surface area contributed by atoms with E-state index in [1.54, 1.807) is 13.0 Å². The van der Waals surface area contributed by atoms with Gasteiger partial charge in [0.2, 0.25) is 6.79 Å². The van der Waals surface area contributed by atoms with Crippen LogP contribution in [-0.2, 0) is 5.92 Å². The Morgan fingerprint density at radius 2 is 1.95 bits per heavy atom. The van der Waals surface area contributed by atoms with E-state index in [9.17, 15) is 8.78 Å². The Morgan fingerprint density at radius 1 is 1.21 bits per heavy atom. The van der Waals surface area contributed by atoms with Crippen LogP contribution in [0.15, 0.2) is 12.1 Å². The van der Waals surface area contributed by atoms with Crippen LogP contribution in [0.25, 0.3) is 0 Å². The van der Waals surface area contributed by atoms with E-state index in [1.807, 2.05) is 0 Å². The quantitative estimate of drug-likeness (QED) is 0.895. The van der Waals surface area contributed by atoms with Crippen LogP contribution in [0.4, 0.5) is 8.78 Å². The van der Waals surface area contributed by atoms with Crippen molar-refractivity contribution >= 4 is 0 Å². The Bertz CT molecular complexity index is 485. The molecule has 1 unspecified atom stereocenters. The van der Waals surface area contributed by atoms with Gasteiger partial charge in [0.25, 0.3) is 5.92 Å². The Kier molecular flexibility index (Phi) is 3.09. The lowest BCUT2D eigenvalue weighted by atomic mass is 9.91. The highest BCUT2D eigenvalue weighted by Crippen LogP contribution is 2.43. The summed E-state index contributed by atoms with van der Waals surface area (Å²) in [4.78, 5) is 0. The smallest absolute Gasteiger partial charge is 0.288 e. The maximum Gasteiger partial charge on any atom is 0.288 e. The van der Waals surface area contributed by atoms with Crippen LogP contribution in [0.1, 0.15) is 30.4 Å². The third-order valence-corrected chi connectivity index (χ3v) is 3.83. The van der Waals surface area contributed by atoms with Crippen molar-refractivity contribution in [3.63, 3.8) is 0 Å². The average molecular weight is 269 g/mol. The molecule has 3 nitrogen and oxygen atoms in total. The number of ether oxygens (including phenoxy) is 2. The van der Waals surface area contributed by atoms with Gasteiger partial charge in [-0.3, -0.25) is 0 Å². The highest BCUT2D eigenvalue weighted by molar-refractivity contribution is 5.50. The predicted octanol–water partition coefficient (Wildman–Crippen LogP) is 2.96. The molecule has 2 heterocycles. The SMILES string of the molecule is Cc1cc2c(cc1C(F)(F)C1CCCCN1)OCO2. The van der Waals surface area contributed by atoms with Crippen molar-refractivity contribution < 1.29 is 18.3 Å². The first-order valence-corrected chi connectivity index (χ1v) is 6.61. The maximum atomic E-state index is 14.6. The Hall–Kier alpha value is -1.36. The highest BCUT2D eigenvalue weighted by Gasteiger charge is 2.43. The molecule has 0 bridgehead atoms. The third kappa shape index (κ3) is 2.16. The molecule has 1 N–H and O–H groups in total. The number of piperidine rings is 1. The first-order valence-electron chi connectivity index (χ1n) is 6.61. The molecule has 2 aliphatic heterocycles. The number of aryl methyl sites for hydroxylation is 1. The van der Waals surface area contributed by atoms with Gasteiger partial charge in [-0.1, -0.05) is 6.42 Å². The zero-order valence-electron chi connectivity index (χ0n) is 10.8. The molecule has 5 heteroatoms. The minimum Gasteiger partial charge on any atom is -0.454 e. The molecule has 1 atom stereocenters. The van der Waals surface area contributed by atoms with E-state index >= 15 is 0 Å². The summed E-state index contributed by atoms with van der Waals surface area (Å²) in [7, 11) is 0. The minimum atomic E-state index is -2.88. The molecule has 1 aromatic rings. The monoisotopic (exact) mass is 269 g/mol. The molecule has 0 aromatic heterocycles. The van der Waals surface area contributed by atoms with E-state index in [-0.39, 0.29) is 12.4 Å². The third-order valence-electron chi connectivity index (χ3n) is 3.83. The van der Waals surface area contributed by atoms with Crippen LogP contribution in [-0.4, -0.2) is 19.4 Å². The number of hydrogen-bond acceptors (Lipinski definition) is 3. The fraction of sp³-hybridized carbons (Fsp3) is 0.571. The van der Waals surface area contributed by atoms with E-state index in [2.05, 4.69) is 5.32 Å². The van der Waals surface area contributed by atoms with Crippen LogP contribution in [0.2, 0.25) is 0 Å². The van der Waals surface area contributed by atoms with E-state index in [4.69, 9.17) is 9.47 Å². The van der Waals surface area contributed by atoms with Gasteiger partial charge in [-0.25, -0.2) is 0 Å². The molecule has 1 saturated heterocycles. The van der Waals surface area contributed by atoms with Crippen molar-refractivity contribution in [2.24, 2.45) is 0 Å². The Balaban J connectivity index is 1.95. The molecule has 0 radical (unpaired) electrons. The van der Waals surface area contributed by atoms with Crippen molar-refractivity contribution in [3.05, 3.63) is 23.3 Å². The van der Waals surface area contributed by atoms with Gasteiger partial charge < -0.3 is 14.8 Å². The van der Waals surface area contributed by atoms with Gasteiger partial charge in [0.1, 0.15) is 0 Å². The summed E-state index contributed by atoms with van der Waals surface area (Å²) >= 11 is 0. The summed E-state index contributed by atoms with van der Waals surface area (Å²) in [5.41, 5.74) is 0.581. The summed E-state index contributed by atoms with van der Waals surface area (Å²) < 4.78 is 39.6. The molecule has 0 aliphatic carbocycles. The summed E-state index contributed by atoms with van der Waals surface area (Å²) in [6.07, 6.45) is 2.31. The predicted molar refractivity (Wildman–Crippen MR) is 66.8 cm³/mol. The largest absolute Gasteiger partial charge is 0.454 e. The van der Waals surface area contributed by atoms with Gasteiger partial charge in [-0.15, -0.1) is 0 Å². The fourth-order valence-electron chi connectivity index (χ4n) is 2.75. The van der Waals surface area contributed by atoms with Gasteiger partial charge >= 0.3 is 0 Å². The first-order chi connectivity index (χ1) is 9.09. The molecule has 1 fully saturated rings. The van der Waals surface area contributed by atoms with Crippen molar-refractivity contribution in [3.8, 4) is 11.5 Å². The van der Waals surface area contributed by atoms with Crippen LogP contribution in [0.5, 0.6) is 11.5 Å². The standard InChI is InChI=1S/C14H17F2NO2/c1-9-6-11-12(19-8-18-11)7-10(9)14(15,16)13-4-2-3-5-17-13/h6-7,13,17H,2-5,8H2,1H3. The van der Waals surface area contributed by atoms with Gasteiger partial charge in [0.15, 0.2) is 11.5 Å². The van der Waals surface area contributed by atoms with Crippen molar-refractivity contribution in [2.75, 3.05) is 13.3 Å². The summed E-state index contributed by atoms with van der Waals surface area (Å²) in [5, 5.41) is 2.93. The van der Waals surface area contributed by atoms with Gasteiger partial charge in [0.05, 0.1) is 6.04 Å². The lowest BCUT2D eigenvalue weighted by molar-refractivity contribution is -0.0518. The van der Waals surface area contributed by atoms with E-state index in [1.165, 1.54) is 6.07 Å². The molecule has 0 saturated carbocycles. The number of alkyl halides is 2. The van der Waals surface area contributed by atoms with Crippen LogP contribution in [0, 0.1) is 6.92 Å². The Morgan fingerprint density at radius 3 is 2.63 bits per heavy atom. The lowest BCUT2D eigenvalue weighted by Crippen LogP contribution is -2.46. The summed E-state index contributed by atoms with van der Waals surface area (Å²) in [6.45, 7) is 2.45. The lowest BCUT2D eigenvalue weighted by Gasteiger charge is -2.32. The second-order valence-corrected chi connectivity index (χ2v) is 5.15. The highest BCUT2D eigenvalue weighted by atomic mass is 19.3. The van der Waals surface area contributed by atoms with Crippen LogP contribution in [0.3, 0.4) is 0 Å². The Labute approximate surface area is 110 Å². The fourth-order valence-corrected chi connectivity index (χ4v) is 2.75. The molecular weight excluding hydrogens is 252 g/mol. The van der Waals surface area contributed by atoms with Crippen molar-refractivity contribution in [2.45, 2.75) is 38.2 Å². The van der Waals surface area contributed by atoms with E-state index < -0.39 is 12.0 Å². The van der Waals surface area contributed by atoms with Crippen LogP contribution < -0.4 is 14.8 Å². The average Bonchev–Trinajstić information content (AvgIpc) is 2.85. The topological polar surface area (TPSA) is 30.5 Å². The molecule has 0 amide bonds. The second kappa shape index (κ2) is 4.63. The molecule has 1 aromatic carbocycles. The number of benzene rings is 1. The number of hydrogen-bond donors (Lipinski definition) is 1. The molecule has 19 heavy (non-hydrogen) atoms. The first kappa shape index (κ1) is 12.7. The molecule has 104 valence electrons. The minimum absolute atomic E-state index is 0.0381. The van der Waals surface area contributed by atoms with Crippen molar-refractivity contribution in [1.29, 1.82) is 0 Å². The molecule has 2 aliphatic rings. The summed E-state index contributed by atoms with van der Waals surface area (Å²) in [5.74, 6) is -1.92. The van der Waals surface area contributed by atoms with E-state index in [0.29, 0.717) is 30.0 Å². The molecule has 3 rings (SSSR count). The van der Waals surface area contributed by atoms with Crippen LogP contribution >= 0.6 is 0 Å². The van der Waals surface area contributed by atoms with Crippen molar-refractivity contribution in [1.82, 2.24) is 5.32 Å².